The number of thiophene rings is 1. The zero-order valence-corrected chi connectivity index (χ0v) is 17.5. The van der Waals surface area contributed by atoms with Crippen LogP contribution in [0, 0.1) is 18.3 Å². The molecule has 6 heteroatoms. The fourth-order valence-electron chi connectivity index (χ4n) is 4.04. The molecule has 0 spiro atoms. The van der Waals surface area contributed by atoms with Crippen molar-refractivity contribution in [2.75, 3.05) is 6.61 Å². The molecule has 29 heavy (non-hydrogen) atoms. The number of aromatic nitrogens is 1. The first-order valence-corrected chi connectivity index (χ1v) is 10.8. The molecule has 2 aromatic heterocycles. The van der Waals surface area contributed by atoms with Gasteiger partial charge in [0.05, 0.1) is 12.2 Å². The number of carbonyl (C=O) groups excluding carboxylic acids is 1. The lowest BCUT2D eigenvalue weighted by Crippen LogP contribution is -2.14. The van der Waals surface area contributed by atoms with E-state index >= 15 is 0 Å². The molecule has 0 radical (unpaired) electrons. The van der Waals surface area contributed by atoms with Crippen molar-refractivity contribution in [3.63, 3.8) is 0 Å². The van der Waals surface area contributed by atoms with Crippen LogP contribution in [0.1, 0.15) is 47.0 Å². The summed E-state index contributed by atoms with van der Waals surface area (Å²) in [5.74, 6) is -0.252. The van der Waals surface area contributed by atoms with Crippen LogP contribution in [0.25, 0.3) is 10.9 Å². The minimum atomic E-state index is -0.252. The fraction of sp³-hybridized carbons (Fsp3) is 0.348. The molecular weight excluding hydrogens is 382 g/mol. The van der Waals surface area contributed by atoms with Crippen molar-refractivity contribution in [3.8, 4) is 6.07 Å². The number of carbonyl (C=O) groups is 1. The van der Waals surface area contributed by atoms with Crippen LogP contribution in [-0.4, -0.2) is 23.4 Å². The smallest absolute Gasteiger partial charge is 0.325 e. The second kappa shape index (κ2) is 8.22. The lowest BCUT2D eigenvalue weighted by atomic mass is 9.96. The van der Waals surface area contributed by atoms with Crippen LogP contribution in [0.15, 0.2) is 29.3 Å². The molecule has 0 aliphatic heterocycles. The zero-order valence-electron chi connectivity index (χ0n) is 16.7. The number of hydrogen-bond donors (Lipinski definition) is 0. The molecule has 0 unspecified atom stereocenters. The lowest BCUT2D eigenvalue weighted by molar-refractivity contribution is -0.143. The van der Waals surface area contributed by atoms with Gasteiger partial charge in [0.15, 0.2) is 0 Å². The summed E-state index contributed by atoms with van der Waals surface area (Å²) in [6, 6.07) is 10.4. The first kappa shape index (κ1) is 19.4. The number of ether oxygens (including phenoxy) is 1. The number of aliphatic imine (C=N–C) groups is 1. The Hall–Kier alpha value is -2.91. The van der Waals surface area contributed by atoms with Gasteiger partial charge in [0.2, 0.25) is 0 Å². The van der Waals surface area contributed by atoms with Gasteiger partial charge < -0.3 is 9.30 Å². The third-order valence-electron chi connectivity index (χ3n) is 5.45. The summed E-state index contributed by atoms with van der Waals surface area (Å²) < 4.78 is 7.11. The number of nitrogens with zero attached hydrogens (tertiary/aromatic N) is 3. The molecule has 1 aliphatic carbocycles. The molecule has 1 aliphatic rings. The van der Waals surface area contributed by atoms with Crippen molar-refractivity contribution in [1.82, 2.24) is 4.57 Å². The van der Waals surface area contributed by atoms with Crippen LogP contribution in [0.5, 0.6) is 0 Å². The first-order valence-electron chi connectivity index (χ1n) is 9.96. The molecule has 0 saturated carbocycles. The van der Waals surface area contributed by atoms with Crippen LogP contribution >= 0.6 is 11.3 Å². The Morgan fingerprint density at radius 2 is 2.14 bits per heavy atom. The predicted molar refractivity (Wildman–Crippen MR) is 116 cm³/mol. The van der Waals surface area contributed by atoms with E-state index in [9.17, 15) is 10.1 Å². The average Bonchev–Trinajstić information content (AvgIpc) is 3.22. The first-order chi connectivity index (χ1) is 14.1. The van der Waals surface area contributed by atoms with Crippen molar-refractivity contribution >= 4 is 39.4 Å². The number of nitriles is 1. The third kappa shape index (κ3) is 3.58. The summed E-state index contributed by atoms with van der Waals surface area (Å²) in [6.07, 6.45) is 6.19. The van der Waals surface area contributed by atoms with E-state index in [1.165, 1.54) is 16.9 Å². The van der Waals surface area contributed by atoms with Crippen LogP contribution in [0.4, 0.5) is 5.00 Å². The molecule has 0 amide bonds. The Morgan fingerprint density at radius 3 is 2.93 bits per heavy atom. The molecular formula is C23H23N3O2S. The molecule has 148 valence electrons. The van der Waals surface area contributed by atoms with E-state index in [0.29, 0.717) is 6.61 Å². The summed E-state index contributed by atoms with van der Waals surface area (Å²) in [6.45, 7) is 4.34. The zero-order chi connectivity index (χ0) is 20.4. The van der Waals surface area contributed by atoms with Gasteiger partial charge in [-0.05, 0) is 51.2 Å². The number of fused-ring (bicyclic) bond motifs is 2. The maximum Gasteiger partial charge on any atom is 0.325 e. The number of aryl methyl sites for hydroxylation is 1. The second-order valence-corrected chi connectivity index (χ2v) is 8.25. The minimum absolute atomic E-state index is 0.171. The highest BCUT2D eigenvalue weighted by atomic mass is 32.1. The monoisotopic (exact) mass is 405 g/mol. The van der Waals surface area contributed by atoms with Crippen molar-refractivity contribution in [2.45, 2.75) is 46.1 Å². The summed E-state index contributed by atoms with van der Waals surface area (Å²) in [7, 11) is 0. The molecule has 0 bridgehead atoms. The molecule has 3 aromatic rings. The summed E-state index contributed by atoms with van der Waals surface area (Å²) in [4.78, 5) is 18.1. The van der Waals surface area contributed by atoms with Crippen molar-refractivity contribution < 1.29 is 9.53 Å². The number of esters is 1. The van der Waals surface area contributed by atoms with Crippen LogP contribution in [0.2, 0.25) is 0 Å². The molecule has 1 aromatic carbocycles. The normalized spacial score (nSPS) is 13.6. The molecule has 0 N–H and O–H groups in total. The average molecular weight is 406 g/mol. The van der Waals surface area contributed by atoms with Gasteiger partial charge in [-0.2, -0.15) is 5.26 Å². The molecule has 5 nitrogen and oxygen atoms in total. The molecule has 2 heterocycles. The number of benzene rings is 1. The number of rotatable bonds is 5. The van der Waals surface area contributed by atoms with Crippen LogP contribution in [0.3, 0.4) is 0 Å². The Bertz CT molecular complexity index is 1150. The third-order valence-corrected chi connectivity index (χ3v) is 6.65. The quantitative estimate of drug-likeness (QED) is 0.439. The van der Waals surface area contributed by atoms with Crippen LogP contribution in [-0.2, 0) is 28.9 Å². The van der Waals surface area contributed by atoms with E-state index in [2.05, 4.69) is 6.07 Å². The van der Waals surface area contributed by atoms with Gasteiger partial charge >= 0.3 is 5.97 Å². The van der Waals surface area contributed by atoms with Gasteiger partial charge in [0.25, 0.3) is 0 Å². The Morgan fingerprint density at radius 1 is 1.34 bits per heavy atom. The summed E-state index contributed by atoms with van der Waals surface area (Å²) >= 11 is 1.64. The SMILES string of the molecule is CCOC(=O)Cn1c(C)c(C=Nc2sc3c(c2C#N)CCCC3)c2ccccc21. The van der Waals surface area contributed by atoms with Crippen molar-refractivity contribution in [1.29, 1.82) is 5.26 Å². The van der Waals surface area contributed by atoms with E-state index in [4.69, 9.17) is 9.73 Å². The molecule has 0 fully saturated rings. The van der Waals surface area contributed by atoms with Crippen molar-refractivity contribution in [2.24, 2.45) is 4.99 Å². The Balaban J connectivity index is 1.76. The highest BCUT2D eigenvalue weighted by molar-refractivity contribution is 7.16. The van der Waals surface area contributed by atoms with E-state index in [1.54, 1.807) is 11.3 Å². The van der Waals surface area contributed by atoms with Gasteiger partial charge in [0.1, 0.15) is 17.6 Å². The van der Waals surface area contributed by atoms with E-state index in [1.807, 2.05) is 48.9 Å². The number of hydrogen-bond acceptors (Lipinski definition) is 5. The maximum absolute atomic E-state index is 12.1. The molecule has 0 atom stereocenters. The maximum atomic E-state index is 12.1. The van der Waals surface area contributed by atoms with E-state index in [-0.39, 0.29) is 12.5 Å². The topological polar surface area (TPSA) is 67.4 Å². The van der Waals surface area contributed by atoms with E-state index in [0.717, 1.165) is 52.0 Å². The number of para-hydroxylation sites is 1. The summed E-state index contributed by atoms with van der Waals surface area (Å²) in [5.41, 5.74) is 4.83. The van der Waals surface area contributed by atoms with Gasteiger partial charge in [-0.15, -0.1) is 11.3 Å². The largest absolute Gasteiger partial charge is 0.465 e. The minimum Gasteiger partial charge on any atom is -0.465 e. The van der Waals surface area contributed by atoms with Crippen LogP contribution < -0.4 is 0 Å². The highest BCUT2D eigenvalue weighted by Gasteiger charge is 2.21. The van der Waals surface area contributed by atoms with Crippen molar-refractivity contribution in [3.05, 3.63) is 51.5 Å². The standard InChI is InChI=1S/C23H23N3O2S/c1-3-28-22(27)14-26-15(2)19(16-8-4-6-10-20(16)26)13-25-23-18(12-24)17-9-5-7-11-21(17)29-23/h4,6,8,10,13H,3,5,7,9,11,14H2,1-2H3. The Labute approximate surface area is 174 Å². The Kier molecular flexibility index (Phi) is 5.50. The van der Waals surface area contributed by atoms with Gasteiger partial charge in [0, 0.05) is 33.3 Å². The molecule has 4 rings (SSSR count). The second-order valence-electron chi connectivity index (χ2n) is 7.17. The fourth-order valence-corrected chi connectivity index (χ4v) is 5.22. The summed E-state index contributed by atoms with van der Waals surface area (Å²) in [5, 5.41) is 11.5. The van der Waals surface area contributed by atoms with Gasteiger partial charge in [-0.3, -0.25) is 4.79 Å². The van der Waals surface area contributed by atoms with E-state index < -0.39 is 0 Å². The van der Waals surface area contributed by atoms with Gasteiger partial charge in [-0.25, -0.2) is 4.99 Å². The lowest BCUT2D eigenvalue weighted by Gasteiger charge is -2.09. The van der Waals surface area contributed by atoms with Gasteiger partial charge in [-0.1, -0.05) is 18.2 Å². The highest BCUT2D eigenvalue weighted by Crippen LogP contribution is 2.39. The predicted octanol–water partition coefficient (Wildman–Crippen LogP) is 5.08. The molecule has 0 saturated heterocycles.